The molecule has 0 spiro atoms. The summed E-state index contributed by atoms with van der Waals surface area (Å²) < 4.78 is 2.19. The first kappa shape index (κ1) is 16.5. The lowest BCUT2D eigenvalue weighted by molar-refractivity contribution is -0.657. The van der Waals surface area contributed by atoms with E-state index in [1.54, 1.807) is 6.20 Å². The van der Waals surface area contributed by atoms with Crippen molar-refractivity contribution in [2.75, 3.05) is 0 Å². The predicted octanol–water partition coefficient (Wildman–Crippen LogP) is 1.80. The van der Waals surface area contributed by atoms with Crippen molar-refractivity contribution in [2.24, 2.45) is 5.92 Å². The molecule has 26 heavy (non-hydrogen) atoms. The molecule has 1 saturated carbocycles. The molecule has 0 radical (unpaired) electrons. The topological polar surface area (TPSA) is 124 Å². The van der Waals surface area contributed by atoms with E-state index >= 15 is 0 Å². The van der Waals surface area contributed by atoms with Gasteiger partial charge >= 0.3 is 5.97 Å². The van der Waals surface area contributed by atoms with Gasteiger partial charge in [-0.25, -0.2) is 14.8 Å². The van der Waals surface area contributed by atoms with Gasteiger partial charge in [0.05, 0.1) is 17.8 Å². The van der Waals surface area contributed by atoms with Crippen LogP contribution in [0.25, 0.3) is 22.1 Å². The van der Waals surface area contributed by atoms with Crippen molar-refractivity contribution in [1.29, 1.82) is 5.26 Å². The van der Waals surface area contributed by atoms with Gasteiger partial charge in [0.2, 0.25) is 0 Å². The van der Waals surface area contributed by atoms with Crippen LogP contribution in [0.4, 0.5) is 0 Å². The van der Waals surface area contributed by atoms with Gasteiger partial charge in [0, 0.05) is 24.0 Å². The molecule has 1 fully saturated rings. The summed E-state index contributed by atoms with van der Waals surface area (Å²) in [5.41, 5.74) is 2.60. The van der Waals surface area contributed by atoms with E-state index in [0.717, 1.165) is 47.8 Å². The van der Waals surface area contributed by atoms with E-state index < -0.39 is 5.97 Å². The molecule has 8 nitrogen and oxygen atoms in total. The van der Waals surface area contributed by atoms with Crippen LogP contribution in [-0.4, -0.2) is 25.5 Å². The Bertz CT molecular complexity index is 990. The zero-order valence-electron chi connectivity index (χ0n) is 14.4. The molecule has 0 atom stereocenters. The number of hydrogen-bond donors (Lipinski definition) is 2. The quantitative estimate of drug-likeness (QED) is 0.692. The van der Waals surface area contributed by atoms with Gasteiger partial charge < -0.3 is 9.55 Å². The summed E-state index contributed by atoms with van der Waals surface area (Å²) in [6.07, 6.45) is 8.27. The zero-order chi connectivity index (χ0) is 18.1. The SMILES string of the molecule is N#CCC1CCC(n2c(CC(=O)O[NH3+])nc3cnc4[nH]ccc4c32)CC1. The Morgan fingerprint density at radius 1 is 1.42 bits per heavy atom. The average Bonchev–Trinajstić information content (AvgIpc) is 3.26. The number of hydrogen-bond acceptors (Lipinski definition) is 5. The predicted molar refractivity (Wildman–Crippen MR) is 93.3 cm³/mol. The molecule has 0 aromatic carbocycles. The van der Waals surface area contributed by atoms with Crippen molar-refractivity contribution in [2.45, 2.75) is 44.6 Å². The number of rotatable bonds is 4. The Morgan fingerprint density at radius 3 is 2.96 bits per heavy atom. The van der Waals surface area contributed by atoms with E-state index in [1.165, 1.54) is 0 Å². The van der Waals surface area contributed by atoms with Gasteiger partial charge in [0.1, 0.15) is 23.4 Å². The molecule has 0 bridgehead atoms. The number of carbonyl (C=O) groups excluding carboxylic acids is 1. The number of nitrogens with one attached hydrogen (secondary N) is 1. The monoisotopic (exact) mass is 353 g/mol. The van der Waals surface area contributed by atoms with Crippen molar-refractivity contribution < 1.29 is 15.5 Å². The summed E-state index contributed by atoms with van der Waals surface area (Å²) in [7, 11) is 0. The lowest BCUT2D eigenvalue weighted by Gasteiger charge is -2.29. The van der Waals surface area contributed by atoms with Crippen molar-refractivity contribution in [3.63, 3.8) is 0 Å². The van der Waals surface area contributed by atoms with Gasteiger partial charge in [0.15, 0.2) is 0 Å². The average molecular weight is 353 g/mol. The van der Waals surface area contributed by atoms with Gasteiger partial charge in [-0.3, -0.25) is 4.84 Å². The van der Waals surface area contributed by atoms with Gasteiger partial charge in [-0.15, -0.1) is 0 Å². The van der Waals surface area contributed by atoms with Crippen LogP contribution in [0.1, 0.15) is 44.0 Å². The summed E-state index contributed by atoms with van der Waals surface area (Å²) in [6, 6.07) is 4.53. The number of H-pyrrole nitrogens is 1. The van der Waals surface area contributed by atoms with Gasteiger partial charge in [-0.1, -0.05) is 0 Å². The van der Waals surface area contributed by atoms with Crippen LogP contribution in [0.2, 0.25) is 0 Å². The summed E-state index contributed by atoms with van der Waals surface area (Å²) in [4.78, 5) is 28.7. The molecule has 3 aromatic rings. The fourth-order valence-corrected chi connectivity index (χ4v) is 4.07. The van der Waals surface area contributed by atoms with E-state index in [2.05, 4.69) is 36.3 Å². The summed E-state index contributed by atoms with van der Waals surface area (Å²) >= 11 is 0. The van der Waals surface area contributed by atoms with E-state index in [-0.39, 0.29) is 12.5 Å². The Labute approximate surface area is 149 Å². The molecule has 0 amide bonds. The molecule has 8 heteroatoms. The molecule has 0 unspecified atom stereocenters. The van der Waals surface area contributed by atoms with Gasteiger partial charge in [0.25, 0.3) is 0 Å². The van der Waals surface area contributed by atoms with Crippen LogP contribution in [0.3, 0.4) is 0 Å². The third kappa shape index (κ3) is 2.80. The van der Waals surface area contributed by atoms with Crippen LogP contribution in [0, 0.1) is 17.2 Å². The number of nitriles is 1. The molecule has 4 rings (SSSR count). The number of aromatic amines is 1. The first-order valence-corrected chi connectivity index (χ1v) is 8.86. The molecule has 4 N–H and O–H groups in total. The van der Waals surface area contributed by atoms with E-state index in [4.69, 9.17) is 5.26 Å². The number of imidazole rings is 1. The maximum absolute atomic E-state index is 11.8. The largest absolute Gasteiger partial charge is 0.373 e. The Morgan fingerprint density at radius 2 is 2.23 bits per heavy atom. The van der Waals surface area contributed by atoms with Crippen LogP contribution in [0.5, 0.6) is 0 Å². The zero-order valence-corrected chi connectivity index (χ0v) is 14.4. The highest BCUT2D eigenvalue weighted by Crippen LogP contribution is 2.37. The van der Waals surface area contributed by atoms with E-state index in [0.29, 0.717) is 18.2 Å². The van der Waals surface area contributed by atoms with E-state index in [1.807, 2.05) is 12.3 Å². The van der Waals surface area contributed by atoms with Gasteiger partial charge in [-0.2, -0.15) is 11.2 Å². The van der Waals surface area contributed by atoms with Crippen LogP contribution >= 0.6 is 0 Å². The second-order valence-corrected chi connectivity index (χ2v) is 6.86. The van der Waals surface area contributed by atoms with Crippen LogP contribution < -0.4 is 5.90 Å². The first-order chi connectivity index (χ1) is 12.7. The lowest BCUT2D eigenvalue weighted by atomic mass is 9.84. The number of carbonyl (C=O) groups is 1. The minimum Gasteiger partial charge on any atom is -0.346 e. The maximum Gasteiger partial charge on any atom is 0.373 e. The summed E-state index contributed by atoms with van der Waals surface area (Å²) in [5, 5.41) is 9.95. The fraction of sp³-hybridized carbons (Fsp3) is 0.444. The highest BCUT2D eigenvalue weighted by Gasteiger charge is 2.27. The lowest BCUT2D eigenvalue weighted by Crippen LogP contribution is -2.51. The highest BCUT2D eigenvalue weighted by molar-refractivity contribution is 6.01. The molecular weight excluding hydrogens is 332 g/mol. The Hall–Kier alpha value is -2.92. The Kier molecular flexibility index (Phi) is 4.31. The summed E-state index contributed by atoms with van der Waals surface area (Å²) in [6.45, 7) is 0. The number of fused-ring (bicyclic) bond motifs is 3. The third-order valence-electron chi connectivity index (χ3n) is 5.33. The normalized spacial score (nSPS) is 20.3. The molecule has 3 aromatic heterocycles. The second-order valence-electron chi connectivity index (χ2n) is 6.86. The van der Waals surface area contributed by atoms with Crippen molar-refractivity contribution in [1.82, 2.24) is 19.5 Å². The van der Waals surface area contributed by atoms with Crippen molar-refractivity contribution in [3.05, 3.63) is 24.3 Å². The van der Waals surface area contributed by atoms with Gasteiger partial charge in [-0.05, 0) is 37.7 Å². The fourth-order valence-electron chi connectivity index (χ4n) is 4.07. The van der Waals surface area contributed by atoms with Crippen molar-refractivity contribution >= 4 is 28.0 Å². The molecular formula is C18H21N6O2+. The summed E-state index contributed by atoms with van der Waals surface area (Å²) in [5.74, 6) is 3.96. The van der Waals surface area contributed by atoms with Crippen LogP contribution in [-0.2, 0) is 16.1 Å². The highest BCUT2D eigenvalue weighted by atomic mass is 16.7. The minimum atomic E-state index is -0.405. The molecule has 3 heterocycles. The standard InChI is InChI=1S/C18H21N6O2/c19-7-5-11-1-3-12(4-2-11)24-15(9-16(25)26-20)23-14-10-22-18-13(17(14)24)6-8-21-18/h6,8,10-12H,1-5,9H2,20H3,(H,21,22)/q+1. The minimum absolute atomic E-state index is 0.0855. The third-order valence-corrected chi connectivity index (χ3v) is 5.33. The molecule has 1 aliphatic carbocycles. The number of pyridine rings is 1. The van der Waals surface area contributed by atoms with Crippen molar-refractivity contribution in [3.8, 4) is 6.07 Å². The molecule has 1 aliphatic rings. The second kappa shape index (κ2) is 6.77. The number of quaternary nitrogens is 1. The molecule has 0 aliphatic heterocycles. The molecule has 134 valence electrons. The number of aromatic nitrogens is 4. The maximum atomic E-state index is 11.8. The smallest absolute Gasteiger partial charge is 0.346 e. The van der Waals surface area contributed by atoms with E-state index in [9.17, 15) is 4.79 Å². The Balaban J connectivity index is 1.79. The van der Waals surface area contributed by atoms with Crippen LogP contribution in [0.15, 0.2) is 18.5 Å². The molecule has 0 saturated heterocycles. The number of nitrogens with zero attached hydrogens (tertiary/aromatic N) is 4. The first-order valence-electron chi connectivity index (χ1n) is 8.86.